The Balaban J connectivity index is 2.08. The molecule has 1 aromatic heterocycles. The fraction of sp³-hybridized carbons (Fsp3) is 0.200. The van der Waals surface area contributed by atoms with E-state index in [4.69, 9.17) is 10.5 Å². The molecular formula is C15H17N3O2. The molecule has 1 aromatic carbocycles. The van der Waals surface area contributed by atoms with Crippen LogP contribution in [-0.2, 0) is 0 Å². The van der Waals surface area contributed by atoms with Crippen LogP contribution in [0.5, 0.6) is 5.88 Å². The summed E-state index contributed by atoms with van der Waals surface area (Å²) in [5.74, 6) is 0.341. The van der Waals surface area contributed by atoms with Gasteiger partial charge in [0.15, 0.2) is 0 Å². The molecule has 5 nitrogen and oxygen atoms in total. The highest BCUT2D eigenvalue weighted by atomic mass is 16.5. The first-order valence-corrected chi connectivity index (χ1v) is 6.36. The Morgan fingerprint density at radius 2 is 2.15 bits per heavy atom. The van der Waals surface area contributed by atoms with Crippen LogP contribution >= 0.6 is 0 Å². The average molecular weight is 271 g/mol. The lowest BCUT2D eigenvalue weighted by Crippen LogP contribution is -2.12. The fourth-order valence-electron chi connectivity index (χ4n) is 1.71. The van der Waals surface area contributed by atoms with Crippen molar-refractivity contribution >= 4 is 17.3 Å². The van der Waals surface area contributed by atoms with Gasteiger partial charge >= 0.3 is 0 Å². The Labute approximate surface area is 117 Å². The van der Waals surface area contributed by atoms with E-state index < -0.39 is 0 Å². The zero-order chi connectivity index (χ0) is 14.5. The second-order valence-corrected chi connectivity index (χ2v) is 4.34. The summed E-state index contributed by atoms with van der Waals surface area (Å²) in [6.45, 7) is 4.31. The molecule has 0 saturated heterocycles. The molecule has 0 fully saturated rings. The molecule has 0 atom stereocenters. The van der Waals surface area contributed by atoms with E-state index in [1.54, 1.807) is 36.5 Å². The molecule has 0 saturated carbocycles. The van der Waals surface area contributed by atoms with Gasteiger partial charge in [0, 0.05) is 17.3 Å². The maximum absolute atomic E-state index is 12.1. The highest BCUT2D eigenvalue weighted by Gasteiger charge is 2.07. The highest BCUT2D eigenvalue weighted by molar-refractivity contribution is 6.04. The fourth-order valence-corrected chi connectivity index (χ4v) is 1.71. The van der Waals surface area contributed by atoms with Gasteiger partial charge in [-0.1, -0.05) is 0 Å². The summed E-state index contributed by atoms with van der Waals surface area (Å²) in [6, 6.07) is 8.64. The van der Waals surface area contributed by atoms with Crippen LogP contribution in [0.4, 0.5) is 11.4 Å². The van der Waals surface area contributed by atoms with E-state index in [1.807, 2.05) is 13.8 Å². The standard InChI is InChI=1S/C15H17N3O2/c1-3-20-14-7-5-12(9-17-14)18-15(19)11-4-6-13(16)10(2)8-11/h4-9H,3,16H2,1-2H3,(H,18,19). The van der Waals surface area contributed by atoms with E-state index in [9.17, 15) is 4.79 Å². The third kappa shape index (κ3) is 3.26. The molecule has 0 unspecified atom stereocenters. The van der Waals surface area contributed by atoms with Gasteiger partial charge in [-0.3, -0.25) is 4.79 Å². The Morgan fingerprint density at radius 1 is 1.35 bits per heavy atom. The van der Waals surface area contributed by atoms with E-state index in [-0.39, 0.29) is 5.91 Å². The van der Waals surface area contributed by atoms with Crippen molar-refractivity contribution < 1.29 is 9.53 Å². The van der Waals surface area contributed by atoms with Crippen LogP contribution < -0.4 is 15.8 Å². The van der Waals surface area contributed by atoms with E-state index in [0.29, 0.717) is 29.4 Å². The summed E-state index contributed by atoms with van der Waals surface area (Å²) in [5.41, 5.74) is 8.46. The van der Waals surface area contributed by atoms with Gasteiger partial charge in [0.1, 0.15) is 0 Å². The molecule has 3 N–H and O–H groups in total. The first kappa shape index (κ1) is 13.9. The lowest BCUT2D eigenvalue weighted by molar-refractivity contribution is 0.102. The van der Waals surface area contributed by atoms with Gasteiger partial charge in [0.2, 0.25) is 5.88 Å². The van der Waals surface area contributed by atoms with Crippen LogP contribution in [0.1, 0.15) is 22.8 Å². The summed E-state index contributed by atoms with van der Waals surface area (Å²) in [7, 11) is 0. The monoisotopic (exact) mass is 271 g/mol. The molecule has 1 heterocycles. The minimum Gasteiger partial charge on any atom is -0.478 e. The van der Waals surface area contributed by atoms with Crippen molar-refractivity contribution in [3.63, 3.8) is 0 Å². The number of carbonyl (C=O) groups is 1. The van der Waals surface area contributed by atoms with Crippen molar-refractivity contribution in [3.8, 4) is 5.88 Å². The Hall–Kier alpha value is -2.56. The number of nitrogen functional groups attached to an aromatic ring is 1. The summed E-state index contributed by atoms with van der Waals surface area (Å²) in [4.78, 5) is 16.2. The molecule has 20 heavy (non-hydrogen) atoms. The second-order valence-electron chi connectivity index (χ2n) is 4.34. The predicted molar refractivity (Wildman–Crippen MR) is 79.0 cm³/mol. The minimum absolute atomic E-state index is 0.195. The second kappa shape index (κ2) is 6.06. The number of benzene rings is 1. The lowest BCUT2D eigenvalue weighted by Gasteiger charge is -2.07. The number of carbonyl (C=O) groups excluding carboxylic acids is 1. The van der Waals surface area contributed by atoms with Crippen molar-refractivity contribution in [2.75, 3.05) is 17.7 Å². The van der Waals surface area contributed by atoms with Gasteiger partial charge in [0.05, 0.1) is 18.5 Å². The highest BCUT2D eigenvalue weighted by Crippen LogP contribution is 2.16. The minimum atomic E-state index is -0.195. The van der Waals surface area contributed by atoms with Gasteiger partial charge in [0.25, 0.3) is 5.91 Å². The number of pyridine rings is 1. The first-order chi connectivity index (χ1) is 9.60. The summed E-state index contributed by atoms with van der Waals surface area (Å²) in [6.07, 6.45) is 1.56. The van der Waals surface area contributed by atoms with Crippen LogP contribution in [0, 0.1) is 6.92 Å². The smallest absolute Gasteiger partial charge is 0.255 e. The van der Waals surface area contributed by atoms with Gasteiger partial charge < -0.3 is 15.8 Å². The molecule has 0 bridgehead atoms. The number of anilines is 2. The van der Waals surface area contributed by atoms with Gasteiger partial charge in [-0.2, -0.15) is 0 Å². The van der Waals surface area contributed by atoms with Crippen molar-refractivity contribution in [3.05, 3.63) is 47.7 Å². The molecule has 5 heteroatoms. The number of ether oxygens (including phenoxy) is 1. The number of aryl methyl sites for hydroxylation is 1. The molecule has 0 aliphatic carbocycles. The van der Waals surface area contributed by atoms with Crippen molar-refractivity contribution in [2.45, 2.75) is 13.8 Å². The van der Waals surface area contributed by atoms with Crippen LogP contribution in [0.2, 0.25) is 0 Å². The summed E-state index contributed by atoms with van der Waals surface area (Å²) < 4.78 is 5.24. The Bertz CT molecular complexity index is 609. The maximum atomic E-state index is 12.1. The molecule has 0 radical (unpaired) electrons. The zero-order valence-electron chi connectivity index (χ0n) is 11.5. The van der Waals surface area contributed by atoms with E-state index in [0.717, 1.165) is 5.56 Å². The number of hydrogen-bond acceptors (Lipinski definition) is 4. The van der Waals surface area contributed by atoms with Crippen molar-refractivity contribution in [2.24, 2.45) is 0 Å². The van der Waals surface area contributed by atoms with Crippen LogP contribution in [0.3, 0.4) is 0 Å². The van der Waals surface area contributed by atoms with Crippen LogP contribution in [0.25, 0.3) is 0 Å². The van der Waals surface area contributed by atoms with Gasteiger partial charge in [-0.05, 0) is 43.7 Å². The average Bonchev–Trinajstić information content (AvgIpc) is 2.44. The number of nitrogens with one attached hydrogen (secondary N) is 1. The van der Waals surface area contributed by atoms with E-state index in [2.05, 4.69) is 10.3 Å². The number of amides is 1. The summed E-state index contributed by atoms with van der Waals surface area (Å²) in [5, 5.41) is 2.78. The molecule has 0 spiro atoms. The van der Waals surface area contributed by atoms with Crippen LogP contribution in [0.15, 0.2) is 36.5 Å². The molecular weight excluding hydrogens is 254 g/mol. The van der Waals surface area contributed by atoms with Gasteiger partial charge in [-0.15, -0.1) is 0 Å². The number of hydrogen-bond donors (Lipinski definition) is 2. The van der Waals surface area contributed by atoms with E-state index >= 15 is 0 Å². The number of nitrogens with zero attached hydrogens (tertiary/aromatic N) is 1. The molecule has 2 aromatic rings. The van der Waals surface area contributed by atoms with Gasteiger partial charge in [-0.25, -0.2) is 4.98 Å². The summed E-state index contributed by atoms with van der Waals surface area (Å²) >= 11 is 0. The Kier molecular flexibility index (Phi) is 4.20. The van der Waals surface area contributed by atoms with Crippen LogP contribution in [-0.4, -0.2) is 17.5 Å². The predicted octanol–water partition coefficient (Wildman–Crippen LogP) is 2.62. The SMILES string of the molecule is CCOc1ccc(NC(=O)c2ccc(N)c(C)c2)cn1. The van der Waals surface area contributed by atoms with Crippen molar-refractivity contribution in [1.82, 2.24) is 4.98 Å². The number of nitrogens with two attached hydrogens (primary N) is 1. The van der Waals surface area contributed by atoms with E-state index in [1.165, 1.54) is 0 Å². The third-order valence-electron chi connectivity index (χ3n) is 2.82. The number of aromatic nitrogens is 1. The third-order valence-corrected chi connectivity index (χ3v) is 2.82. The molecule has 1 amide bonds. The number of rotatable bonds is 4. The molecule has 104 valence electrons. The Morgan fingerprint density at radius 3 is 2.75 bits per heavy atom. The zero-order valence-corrected chi connectivity index (χ0v) is 11.5. The lowest BCUT2D eigenvalue weighted by atomic mass is 10.1. The normalized spacial score (nSPS) is 10.1. The molecule has 0 aliphatic rings. The maximum Gasteiger partial charge on any atom is 0.255 e. The molecule has 2 rings (SSSR count). The largest absolute Gasteiger partial charge is 0.478 e. The molecule has 0 aliphatic heterocycles. The first-order valence-electron chi connectivity index (χ1n) is 6.36. The topological polar surface area (TPSA) is 77.2 Å². The van der Waals surface area contributed by atoms with Crippen molar-refractivity contribution in [1.29, 1.82) is 0 Å². The quantitative estimate of drug-likeness (QED) is 0.838.